The number of ether oxygens (including phenoxy) is 1. The zero-order valence-corrected chi connectivity index (χ0v) is 7.91. The molecule has 4 heteroatoms. The van der Waals surface area contributed by atoms with Crippen molar-refractivity contribution in [1.82, 2.24) is 4.90 Å². The third kappa shape index (κ3) is 4.18. The lowest BCUT2D eigenvalue weighted by Gasteiger charge is -2.19. The fourth-order valence-corrected chi connectivity index (χ4v) is 0.558. The van der Waals surface area contributed by atoms with Crippen LogP contribution in [0.4, 0.5) is 4.79 Å². The molecule has 0 aromatic rings. The first-order chi connectivity index (χ1) is 5.59. The van der Waals surface area contributed by atoms with Gasteiger partial charge in [0.2, 0.25) is 0 Å². The Morgan fingerprint density at radius 1 is 1.67 bits per heavy atom. The molecule has 0 saturated carbocycles. The molecular weight excluding hydrogens is 158 g/mol. The summed E-state index contributed by atoms with van der Waals surface area (Å²) in [5, 5.41) is 8.97. The average Bonchev–Trinajstić information content (AvgIpc) is 2.03. The van der Waals surface area contributed by atoms with Crippen molar-refractivity contribution in [2.75, 3.05) is 13.7 Å². The number of aliphatic hydroxyl groups is 1. The Kier molecular flexibility index (Phi) is 5.45. The van der Waals surface area contributed by atoms with Crippen LogP contribution in [0.3, 0.4) is 0 Å². The van der Waals surface area contributed by atoms with E-state index < -0.39 is 12.3 Å². The normalized spacial score (nSPS) is 12.3. The van der Waals surface area contributed by atoms with Crippen LogP contribution in [-0.4, -0.2) is 36.0 Å². The zero-order chi connectivity index (χ0) is 9.56. The van der Waals surface area contributed by atoms with Crippen molar-refractivity contribution in [2.45, 2.75) is 32.9 Å². The van der Waals surface area contributed by atoms with Crippen molar-refractivity contribution in [2.24, 2.45) is 0 Å². The van der Waals surface area contributed by atoms with Gasteiger partial charge in [0, 0.05) is 7.05 Å². The van der Waals surface area contributed by atoms with Gasteiger partial charge in [-0.2, -0.15) is 0 Å². The molecule has 0 spiro atoms. The van der Waals surface area contributed by atoms with Crippen molar-refractivity contribution in [3.63, 3.8) is 0 Å². The van der Waals surface area contributed by atoms with Crippen molar-refractivity contribution >= 4 is 6.09 Å². The number of unbranched alkanes of at least 4 members (excludes halogenated alkanes) is 1. The van der Waals surface area contributed by atoms with Crippen molar-refractivity contribution in [3.8, 4) is 0 Å². The Morgan fingerprint density at radius 2 is 2.25 bits per heavy atom. The summed E-state index contributed by atoms with van der Waals surface area (Å²) in [7, 11) is 1.50. The van der Waals surface area contributed by atoms with E-state index in [1.165, 1.54) is 14.0 Å². The molecule has 72 valence electrons. The standard InChI is InChI=1S/C8H17NO3/c1-4-5-6-12-8(11)9(3)7(2)10/h7,10H,4-6H2,1-3H3. The van der Waals surface area contributed by atoms with Gasteiger partial charge in [0.1, 0.15) is 6.23 Å². The summed E-state index contributed by atoms with van der Waals surface area (Å²) < 4.78 is 4.83. The number of nitrogens with zero attached hydrogens (tertiary/aromatic N) is 1. The van der Waals surface area contributed by atoms with Crippen LogP contribution in [0, 0.1) is 0 Å². The van der Waals surface area contributed by atoms with Gasteiger partial charge >= 0.3 is 6.09 Å². The van der Waals surface area contributed by atoms with Gasteiger partial charge < -0.3 is 9.84 Å². The molecule has 0 bridgehead atoms. The lowest BCUT2D eigenvalue weighted by Crippen LogP contribution is -2.35. The minimum absolute atomic E-state index is 0.423. The molecule has 0 aliphatic carbocycles. The van der Waals surface area contributed by atoms with Gasteiger partial charge in [-0.05, 0) is 13.3 Å². The van der Waals surface area contributed by atoms with E-state index in [-0.39, 0.29) is 0 Å². The lowest BCUT2D eigenvalue weighted by molar-refractivity contribution is 0.0245. The molecule has 0 fully saturated rings. The van der Waals surface area contributed by atoms with Gasteiger partial charge in [-0.3, -0.25) is 4.90 Å². The molecule has 0 aliphatic rings. The molecule has 1 N–H and O–H groups in total. The summed E-state index contributed by atoms with van der Waals surface area (Å²) in [5.41, 5.74) is 0. The summed E-state index contributed by atoms with van der Waals surface area (Å²) in [5.74, 6) is 0. The molecule has 0 saturated heterocycles. The van der Waals surface area contributed by atoms with Crippen LogP contribution in [0.2, 0.25) is 0 Å². The highest BCUT2D eigenvalue weighted by molar-refractivity contribution is 5.67. The summed E-state index contributed by atoms with van der Waals surface area (Å²) in [6.45, 7) is 3.96. The molecule has 1 amide bonds. The Labute approximate surface area is 73.1 Å². The van der Waals surface area contributed by atoms with Crippen molar-refractivity contribution in [3.05, 3.63) is 0 Å². The minimum atomic E-state index is -0.792. The number of rotatable bonds is 4. The third-order valence-corrected chi connectivity index (χ3v) is 1.57. The van der Waals surface area contributed by atoms with E-state index in [1.807, 2.05) is 6.92 Å². The predicted octanol–water partition coefficient (Wildman–Crippen LogP) is 1.19. The lowest BCUT2D eigenvalue weighted by atomic mass is 10.4. The highest BCUT2D eigenvalue weighted by atomic mass is 16.6. The smallest absolute Gasteiger partial charge is 0.411 e. The van der Waals surface area contributed by atoms with Crippen LogP contribution >= 0.6 is 0 Å². The molecule has 1 atom stereocenters. The number of amides is 1. The molecule has 0 heterocycles. The first-order valence-electron chi connectivity index (χ1n) is 4.17. The number of hydrogen-bond acceptors (Lipinski definition) is 3. The molecular formula is C8H17NO3. The van der Waals surface area contributed by atoms with Gasteiger partial charge in [0.25, 0.3) is 0 Å². The second kappa shape index (κ2) is 5.83. The summed E-state index contributed by atoms with van der Waals surface area (Å²) in [6, 6.07) is 0. The maximum atomic E-state index is 11.0. The minimum Gasteiger partial charge on any atom is -0.449 e. The van der Waals surface area contributed by atoms with E-state index in [2.05, 4.69) is 0 Å². The van der Waals surface area contributed by atoms with Gasteiger partial charge in [-0.25, -0.2) is 4.79 Å². The summed E-state index contributed by atoms with van der Waals surface area (Å²) in [6.07, 6.45) is 0.586. The number of carbonyl (C=O) groups excluding carboxylic acids is 1. The largest absolute Gasteiger partial charge is 0.449 e. The van der Waals surface area contributed by atoms with E-state index in [1.54, 1.807) is 0 Å². The van der Waals surface area contributed by atoms with E-state index >= 15 is 0 Å². The maximum absolute atomic E-state index is 11.0. The van der Waals surface area contributed by atoms with Crippen LogP contribution in [0.1, 0.15) is 26.7 Å². The molecule has 0 radical (unpaired) electrons. The van der Waals surface area contributed by atoms with Crippen molar-refractivity contribution in [1.29, 1.82) is 0 Å². The first-order valence-corrected chi connectivity index (χ1v) is 4.17. The number of carbonyl (C=O) groups is 1. The monoisotopic (exact) mass is 175 g/mol. The topological polar surface area (TPSA) is 49.8 Å². The number of aliphatic hydroxyl groups excluding tert-OH is 1. The van der Waals surface area contributed by atoms with Crippen molar-refractivity contribution < 1.29 is 14.6 Å². The summed E-state index contributed by atoms with van der Waals surface area (Å²) >= 11 is 0. The van der Waals surface area contributed by atoms with E-state index in [4.69, 9.17) is 9.84 Å². The first kappa shape index (κ1) is 11.2. The van der Waals surface area contributed by atoms with Crippen LogP contribution in [0.25, 0.3) is 0 Å². The third-order valence-electron chi connectivity index (χ3n) is 1.57. The predicted molar refractivity (Wildman–Crippen MR) is 45.7 cm³/mol. The molecule has 0 aliphatic heterocycles. The maximum Gasteiger partial charge on any atom is 0.411 e. The number of hydrogen-bond donors (Lipinski definition) is 1. The SMILES string of the molecule is CCCCOC(=O)N(C)C(C)O. The summed E-state index contributed by atoms with van der Waals surface area (Å²) in [4.78, 5) is 12.2. The second-order valence-electron chi connectivity index (χ2n) is 2.71. The fraction of sp³-hybridized carbons (Fsp3) is 0.875. The van der Waals surface area contributed by atoms with Gasteiger partial charge in [-0.1, -0.05) is 13.3 Å². The van der Waals surface area contributed by atoms with Crippen LogP contribution < -0.4 is 0 Å². The molecule has 0 rings (SSSR count). The van der Waals surface area contributed by atoms with Crippen LogP contribution in [-0.2, 0) is 4.74 Å². The van der Waals surface area contributed by atoms with E-state index in [0.29, 0.717) is 6.61 Å². The van der Waals surface area contributed by atoms with Crippen LogP contribution in [0.15, 0.2) is 0 Å². The Hall–Kier alpha value is -0.770. The zero-order valence-electron chi connectivity index (χ0n) is 7.91. The molecule has 4 nitrogen and oxygen atoms in total. The van der Waals surface area contributed by atoms with Gasteiger partial charge in [0.05, 0.1) is 6.61 Å². The molecule has 1 unspecified atom stereocenters. The van der Waals surface area contributed by atoms with E-state index in [0.717, 1.165) is 17.7 Å². The van der Waals surface area contributed by atoms with Crippen LogP contribution in [0.5, 0.6) is 0 Å². The van der Waals surface area contributed by atoms with Gasteiger partial charge in [-0.15, -0.1) is 0 Å². The highest BCUT2D eigenvalue weighted by Crippen LogP contribution is 1.96. The van der Waals surface area contributed by atoms with E-state index in [9.17, 15) is 4.79 Å². The average molecular weight is 175 g/mol. The molecule has 12 heavy (non-hydrogen) atoms. The second-order valence-corrected chi connectivity index (χ2v) is 2.71. The fourth-order valence-electron chi connectivity index (χ4n) is 0.558. The Balaban J connectivity index is 3.57. The molecule has 0 aromatic heterocycles. The highest BCUT2D eigenvalue weighted by Gasteiger charge is 2.13. The van der Waals surface area contributed by atoms with Gasteiger partial charge in [0.15, 0.2) is 0 Å². The molecule has 0 aromatic carbocycles. The Morgan fingerprint density at radius 3 is 2.67 bits per heavy atom. The quantitative estimate of drug-likeness (QED) is 0.516. The Bertz CT molecular complexity index is 136.